The summed E-state index contributed by atoms with van der Waals surface area (Å²) < 4.78 is 10.4. The zero-order chi connectivity index (χ0) is 20.4. The van der Waals surface area contributed by atoms with Crippen molar-refractivity contribution in [2.24, 2.45) is 0 Å². The molecule has 2 amide bonds. The van der Waals surface area contributed by atoms with Crippen molar-refractivity contribution in [2.75, 3.05) is 13.2 Å². The molecule has 0 bridgehead atoms. The van der Waals surface area contributed by atoms with Gasteiger partial charge >= 0.3 is 5.97 Å². The first-order valence-corrected chi connectivity index (χ1v) is 9.01. The lowest BCUT2D eigenvalue weighted by molar-refractivity contribution is -0.153. The van der Waals surface area contributed by atoms with Gasteiger partial charge in [0.2, 0.25) is 0 Å². The van der Waals surface area contributed by atoms with Crippen LogP contribution < -0.4 is 15.4 Å². The number of ether oxygens (including phenoxy) is 2. The van der Waals surface area contributed by atoms with E-state index in [-0.39, 0.29) is 6.54 Å². The van der Waals surface area contributed by atoms with Crippen molar-refractivity contribution >= 4 is 17.8 Å². The van der Waals surface area contributed by atoms with E-state index in [2.05, 4.69) is 10.6 Å². The van der Waals surface area contributed by atoms with E-state index < -0.39 is 23.9 Å². The quantitative estimate of drug-likeness (QED) is 0.646. The van der Waals surface area contributed by atoms with E-state index in [0.717, 1.165) is 5.56 Å². The molecule has 0 saturated heterocycles. The van der Waals surface area contributed by atoms with Gasteiger partial charge in [0.1, 0.15) is 12.3 Å². The van der Waals surface area contributed by atoms with E-state index in [1.807, 2.05) is 37.3 Å². The van der Waals surface area contributed by atoms with E-state index in [4.69, 9.17) is 9.47 Å². The molecule has 28 heavy (non-hydrogen) atoms. The van der Waals surface area contributed by atoms with Gasteiger partial charge in [-0.3, -0.25) is 14.4 Å². The normalized spacial score (nSPS) is 11.2. The Labute approximate surface area is 164 Å². The van der Waals surface area contributed by atoms with Gasteiger partial charge in [-0.25, -0.2) is 0 Å². The number of hydrogen-bond donors (Lipinski definition) is 2. The van der Waals surface area contributed by atoms with Crippen LogP contribution in [-0.4, -0.2) is 37.0 Å². The first kappa shape index (κ1) is 21.0. The topological polar surface area (TPSA) is 93.7 Å². The molecule has 0 saturated carbocycles. The second-order valence-electron chi connectivity index (χ2n) is 5.98. The van der Waals surface area contributed by atoms with E-state index in [9.17, 15) is 14.4 Å². The standard InChI is InChI=1S/C21H24N2O5/c1-3-27-18-11-9-17(10-12-18)21(26)23-14-19(24)28-15(2)20(25)22-13-16-7-5-4-6-8-16/h4-12,15H,3,13-14H2,1-2H3,(H,22,25)(H,23,26)/t15-/m1/s1. The molecule has 148 valence electrons. The molecule has 0 fully saturated rings. The molecule has 2 rings (SSSR count). The molecule has 0 spiro atoms. The molecular formula is C21H24N2O5. The predicted octanol–water partition coefficient (Wildman–Crippen LogP) is 2.06. The number of benzene rings is 2. The summed E-state index contributed by atoms with van der Waals surface area (Å²) in [6, 6.07) is 16.0. The highest BCUT2D eigenvalue weighted by Gasteiger charge is 2.18. The molecule has 0 aliphatic rings. The van der Waals surface area contributed by atoms with Crippen LogP contribution in [0, 0.1) is 0 Å². The van der Waals surface area contributed by atoms with E-state index in [1.165, 1.54) is 6.92 Å². The summed E-state index contributed by atoms with van der Waals surface area (Å²) in [7, 11) is 0. The van der Waals surface area contributed by atoms with Gasteiger partial charge < -0.3 is 20.1 Å². The predicted molar refractivity (Wildman–Crippen MR) is 104 cm³/mol. The van der Waals surface area contributed by atoms with Gasteiger partial charge in [0, 0.05) is 12.1 Å². The summed E-state index contributed by atoms with van der Waals surface area (Å²) in [5.41, 5.74) is 1.34. The molecule has 7 heteroatoms. The highest BCUT2D eigenvalue weighted by atomic mass is 16.5. The summed E-state index contributed by atoms with van der Waals surface area (Å²) >= 11 is 0. The van der Waals surface area contributed by atoms with Crippen LogP contribution in [0.5, 0.6) is 5.75 Å². The molecule has 2 aromatic carbocycles. The summed E-state index contributed by atoms with van der Waals surface area (Å²) in [6.07, 6.45) is -0.960. The molecule has 0 aromatic heterocycles. The molecule has 2 N–H and O–H groups in total. The molecule has 0 heterocycles. The lowest BCUT2D eigenvalue weighted by atomic mass is 10.2. The monoisotopic (exact) mass is 384 g/mol. The third-order valence-corrected chi connectivity index (χ3v) is 3.81. The average Bonchev–Trinajstić information content (AvgIpc) is 2.71. The lowest BCUT2D eigenvalue weighted by Crippen LogP contribution is -2.38. The molecule has 1 atom stereocenters. The van der Waals surface area contributed by atoms with Gasteiger partial charge in [-0.15, -0.1) is 0 Å². The van der Waals surface area contributed by atoms with Gasteiger partial charge in [-0.2, -0.15) is 0 Å². The first-order chi connectivity index (χ1) is 13.5. The third kappa shape index (κ3) is 6.75. The number of esters is 1. The van der Waals surface area contributed by atoms with Crippen molar-refractivity contribution in [1.29, 1.82) is 0 Å². The van der Waals surface area contributed by atoms with Gasteiger partial charge in [-0.05, 0) is 43.7 Å². The average molecular weight is 384 g/mol. The lowest BCUT2D eigenvalue weighted by Gasteiger charge is -2.14. The molecule has 0 aliphatic heterocycles. The fourth-order valence-electron chi connectivity index (χ4n) is 2.34. The number of hydrogen-bond acceptors (Lipinski definition) is 5. The van der Waals surface area contributed by atoms with Crippen molar-refractivity contribution in [3.05, 3.63) is 65.7 Å². The number of carbonyl (C=O) groups is 3. The molecular weight excluding hydrogens is 360 g/mol. The summed E-state index contributed by atoms with van der Waals surface area (Å²) in [5, 5.41) is 5.16. The minimum Gasteiger partial charge on any atom is -0.494 e. The Kier molecular flexibility index (Phi) is 8.02. The molecule has 0 aliphatic carbocycles. The number of rotatable bonds is 9. The van der Waals surface area contributed by atoms with Crippen LogP contribution in [0.25, 0.3) is 0 Å². The largest absolute Gasteiger partial charge is 0.494 e. The number of amides is 2. The van der Waals surface area contributed by atoms with Crippen LogP contribution in [0.2, 0.25) is 0 Å². The Hall–Kier alpha value is -3.35. The Balaban J connectivity index is 1.73. The summed E-state index contributed by atoms with van der Waals surface area (Å²) in [4.78, 5) is 35.9. The van der Waals surface area contributed by atoms with Crippen LogP contribution >= 0.6 is 0 Å². The van der Waals surface area contributed by atoms with Gasteiger partial charge in [0.05, 0.1) is 6.61 Å². The van der Waals surface area contributed by atoms with Gasteiger partial charge in [0.25, 0.3) is 11.8 Å². The fourth-order valence-corrected chi connectivity index (χ4v) is 2.34. The Bertz CT molecular complexity index is 790. The summed E-state index contributed by atoms with van der Waals surface area (Å²) in [6.45, 7) is 3.90. The zero-order valence-corrected chi connectivity index (χ0v) is 15.9. The van der Waals surface area contributed by atoms with Crippen molar-refractivity contribution in [1.82, 2.24) is 10.6 Å². The Morgan fingerprint density at radius 1 is 0.964 bits per heavy atom. The van der Waals surface area contributed by atoms with Crippen LogP contribution in [-0.2, 0) is 20.9 Å². The molecule has 0 unspecified atom stereocenters. The smallest absolute Gasteiger partial charge is 0.326 e. The fraction of sp³-hybridized carbons (Fsp3) is 0.286. The third-order valence-electron chi connectivity index (χ3n) is 3.81. The first-order valence-electron chi connectivity index (χ1n) is 9.01. The highest BCUT2D eigenvalue weighted by Crippen LogP contribution is 2.11. The van der Waals surface area contributed by atoms with Crippen LogP contribution in [0.15, 0.2) is 54.6 Å². The number of carbonyl (C=O) groups excluding carboxylic acids is 3. The van der Waals surface area contributed by atoms with Gasteiger partial charge in [-0.1, -0.05) is 30.3 Å². The Morgan fingerprint density at radius 2 is 1.64 bits per heavy atom. The van der Waals surface area contributed by atoms with Crippen LogP contribution in [0.1, 0.15) is 29.8 Å². The highest BCUT2D eigenvalue weighted by molar-refractivity contribution is 5.96. The maximum absolute atomic E-state index is 12.1. The van der Waals surface area contributed by atoms with E-state index >= 15 is 0 Å². The SMILES string of the molecule is CCOc1ccc(C(=O)NCC(=O)O[C@H](C)C(=O)NCc2ccccc2)cc1. The molecule has 7 nitrogen and oxygen atoms in total. The maximum Gasteiger partial charge on any atom is 0.326 e. The van der Waals surface area contributed by atoms with Crippen molar-refractivity contribution in [3.63, 3.8) is 0 Å². The maximum atomic E-state index is 12.1. The molecule has 2 aromatic rings. The van der Waals surface area contributed by atoms with Crippen LogP contribution in [0.4, 0.5) is 0 Å². The number of nitrogens with one attached hydrogen (secondary N) is 2. The van der Waals surface area contributed by atoms with Crippen molar-refractivity contribution < 1.29 is 23.9 Å². The zero-order valence-electron chi connectivity index (χ0n) is 15.9. The Morgan fingerprint density at radius 3 is 2.29 bits per heavy atom. The van der Waals surface area contributed by atoms with Gasteiger partial charge in [0.15, 0.2) is 6.10 Å². The minimum atomic E-state index is -0.960. The van der Waals surface area contributed by atoms with Crippen molar-refractivity contribution in [2.45, 2.75) is 26.5 Å². The molecule has 0 radical (unpaired) electrons. The van der Waals surface area contributed by atoms with Crippen molar-refractivity contribution in [3.8, 4) is 5.75 Å². The second kappa shape index (κ2) is 10.7. The summed E-state index contributed by atoms with van der Waals surface area (Å²) in [5.74, 6) is -0.855. The van der Waals surface area contributed by atoms with E-state index in [1.54, 1.807) is 24.3 Å². The van der Waals surface area contributed by atoms with E-state index in [0.29, 0.717) is 24.5 Å². The minimum absolute atomic E-state index is 0.331. The second-order valence-corrected chi connectivity index (χ2v) is 5.98. The van der Waals surface area contributed by atoms with Crippen LogP contribution in [0.3, 0.4) is 0 Å².